The molecule has 0 atom stereocenters. The van der Waals surface area contributed by atoms with Crippen LogP contribution in [0.25, 0.3) is 0 Å². The minimum Gasteiger partial charge on any atom is -0.399 e. The topological polar surface area (TPSA) is 47.6 Å². The summed E-state index contributed by atoms with van der Waals surface area (Å²) in [5.74, 6) is 0.0141. The minimum absolute atomic E-state index is 0.0141. The van der Waals surface area contributed by atoms with E-state index in [4.69, 9.17) is 9.31 Å². The van der Waals surface area contributed by atoms with Crippen molar-refractivity contribution >= 4 is 29.1 Å². The molecule has 2 aliphatic heterocycles. The van der Waals surface area contributed by atoms with E-state index >= 15 is 0 Å². The fourth-order valence-electron chi connectivity index (χ4n) is 2.29. The molecule has 0 unspecified atom stereocenters. The molecule has 0 spiro atoms. The maximum atomic E-state index is 11.8. The van der Waals surface area contributed by atoms with Gasteiger partial charge in [-0.3, -0.25) is 4.79 Å². The standard InChI is InChI=1S/C13H18BNO3S/c1-12(2)13(3,4)18-14(17-12)10-7-8-9(19-10)5-6-15-11(8)16/h7H,5-6H2,1-4H3,(H,15,16). The summed E-state index contributed by atoms with van der Waals surface area (Å²) >= 11 is 1.63. The Morgan fingerprint density at radius 1 is 1.26 bits per heavy atom. The number of nitrogens with one attached hydrogen (secondary N) is 1. The van der Waals surface area contributed by atoms with Crippen LogP contribution in [0.2, 0.25) is 0 Å². The first kappa shape index (κ1) is 13.2. The van der Waals surface area contributed by atoms with Gasteiger partial charge in [-0.15, -0.1) is 11.3 Å². The van der Waals surface area contributed by atoms with Crippen LogP contribution in [0.15, 0.2) is 6.07 Å². The first-order chi connectivity index (χ1) is 8.80. The molecule has 1 amide bonds. The van der Waals surface area contributed by atoms with Gasteiger partial charge >= 0.3 is 7.12 Å². The van der Waals surface area contributed by atoms with Crippen molar-refractivity contribution in [3.8, 4) is 0 Å². The zero-order chi connectivity index (χ0) is 13.8. The second-order valence-corrected chi connectivity index (χ2v) is 7.25. The maximum Gasteiger partial charge on any atom is 0.505 e. The molecule has 1 saturated heterocycles. The first-order valence-electron chi connectivity index (χ1n) is 6.57. The molecule has 0 bridgehead atoms. The predicted molar refractivity (Wildman–Crippen MR) is 76.1 cm³/mol. The van der Waals surface area contributed by atoms with E-state index < -0.39 is 0 Å². The summed E-state index contributed by atoms with van der Waals surface area (Å²) in [4.78, 5) is 12.9. The lowest BCUT2D eigenvalue weighted by molar-refractivity contribution is 0.00578. The molecule has 0 aliphatic carbocycles. The van der Waals surface area contributed by atoms with Gasteiger partial charge in [0.1, 0.15) is 0 Å². The van der Waals surface area contributed by atoms with Crippen LogP contribution >= 0.6 is 11.3 Å². The van der Waals surface area contributed by atoms with Gasteiger partial charge in [-0.25, -0.2) is 0 Å². The molecule has 0 aromatic carbocycles. The average molecular weight is 279 g/mol. The highest BCUT2D eigenvalue weighted by Crippen LogP contribution is 2.37. The van der Waals surface area contributed by atoms with Crippen molar-refractivity contribution < 1.29 is 14.1 Å². The molecule has 102 valence electrons. The Kier molecular flexibility index (Phi) is 2.82. The first-order valence-corrected chi connectivity index (χ1v) is 7.38. The summed E-state index contributed by atoms with van der Waals surface area (Å²) < 4.78 is 13.0. The highest BCUT2D eigenvalue weighted by Gasteiger charge is 2.52. The number of amides is 1. The zero-order valence-electron chi connectivity index (χ0n) is 11.7. The van der Waals surface area contributed by atoms with E-state index in [1.54, 1.807) is 11.3 Å². The maximum absolute atomic E-state index is 11.8. The predicted octanol–water partition coefficient (Wildman–Crippen LogP) is 1.33. The van der Waals surface area contributed by atoms with Crippen LogP contribution in [0.1, 0.15) is 42.9 Å². The normalized spacial score (nSPS) is 24.2. The molecule has 1 aromatic rings. The number of hydrogen-bond acceptors (Lipinski definition) is 4. The van der Waals surface area contributed by atoms with Gasteiger partial charge in [0, 0.05) is 16.2 Å². The molecular weight excluding hydrogens is 261 g/mol. The van der Waals surface area contributed by atoms with Crippen LogP contribution in [0.5, 0.6) is 0 Å². The lowest BCUT2D eigenvalue weighted by Crippen LogP contribution is -2.41. The third kappa shape index (κ3) is 2.02. The third-order valence-corrected chi connectivity index (χ3v) is 5.41. The molecule has 1 fully saturated rings. The lowest BCUT2D eigenvalue weighted by atomic mass is 9.87. The van der Waals surface area contributed by atoms with Gasteiger partial charge in [0.05, 0.1) is 16.8 Å². The van der Waals surface area contributed by atoms with Crippen molar-refractivity contribution in [3.63, 3.8) is 0 Å². The Hall–Kier alpha value is -0.845. The molecule has 1 N–H and O–H groups in total. The van der Waals surface area contributed by atoms with Crippen LogP contribution in [-0.4, -0.2) is 30.8 Å². The number of rotatable bonds is 1. The fourth-order valence-corrected chi connectivity index (χ4v) is 3.41. The number of hydrogen-bond donors (Lipinski definition) is 1. The highest BCUT2D eigenvalue weighted by atomic mass is 32.1. The van der Waals surface area contributed by atoms with E-state index in [0.29, 0.717) is 0 Å². The summed E-state index contributed by atoms with van der Waals surface area (Å²) in [5.41, 5.74) is 0.0930. The Bertz CT molecular complexity index is 522. The molecule has 1 aromatic heterocycles. The van der Waals surface area contributed by atoms with Gasteiger partial charge in [0.2, 0.25) is 0 Å². The monoisotopic (exact) mass is 279 g/mol. The van der Waals surface area contributed by atoms with E-state index in [0.717, 1.165) is 28.2 Å². The zero-order valence-corrected chi connectivity index (χ0v) is 12.5. The Morgan fingerprint density at radius 3 is 2.47 bits per heavy atom. The number of carbonyl (C=O) groups excluding carboxylic acids is 1. The van der Waals surface area contributed by atoms with Crippen molar-refractivity contribution in [2.75, 3.05) is 6.54 Å². The molecule has 19 heavy (non-hydrogen) atoms. The van der Waals surface area contributed by atoms with Gasteiger partial charge in [-0.2, -0.15) is 0 Å². The quantitative estimate of drug-likeness (QED) is 0.789. The van der Waals surface area contributed by atoms with Crippen LogP contribution in [0, 0.1) is 0 Å². The summed E-state index contributed by atoms with van der Waals surface area (Å²) in [6.45, 7) is 8.86. The average Bonchev–Trinajstić information content (AvgIpc) is 2.80. The van der Waals surface area contributed by atoms with Crippen LogP contribution in [0.3, 0.4) is 0 Å². The fraction of sp³-hybridized carbons (Fsp3) is 0.615. The summed E-state index contributed by atoms with van der Waals surface area (Å²) in [7, 11) is -0.367. The van der Waals surface area contributed by atoms with Gasteiger partial charge in [0.25, 0.3) is 5.91 Å². The van der Waals surface area contributed by atoms with E-state index in [9.17, 15) is 4.79 Å². The summed E-state index contributed by atoms with van der Waals surface area (Å²) in [6.07, 6.45) is 0.894. The number of fused-ring (bicyclic) bond motifs is 1. The Labute approximate surface area is 117 Å². The van der Waals surface area contributed by atoms with Crippen molar-refractivity contribution in [3.05, 3.63) is 16.5 Å². The second kappa shape index (κ2) is 4.07. The van der Waals surface area contributed by atoms with Gasteiger partial charge in [0.15, 0.2) is 0 Å². The molecule has 4 nitrogen and oxygen atoms in total. The third-order valence-electron chi connectivity index (χ3n) is 4.20. The van der Waals surface area contributed by atoms with Crippen LogP contribution in [-0.2, 0) is 15.7 Å². The van der Waals surface area contributed by atoms with E-state index in [2.05, 4.69) is 5.32 Å². The van der Waals surface area contributed by atoms with Gasteiger partial charge in [-0.05, 0) is 40.2 Å². The van der Waals surface area contributed by atoms with E-state index in [-0.39, 0.29) is 24.2 Å². The molecule has 0 saturated carbocycles. The lowest BCUT2D eigenvalue weighted by Gasteiger charge is -2.32. The SMILES string of the molecule is CC1(C)OB(c2cc3c(s2)CCNC3=O)OC1(C)C. The Morgan fingerprint density at radius 2 is 1.89 bits per heavy atom. The van der Waals surface area contributed by atoms with Crippen LogP contribution < -0.4 is 10.1 Å². The van der Waals surface area contributed by atoms with Crippen molar-refractivity contribution in [1.82, 2.24) is 5.32 Å². The van der Waals surface area contributed by atoms with Crippen molar-refractivity contribution in [2.45, 2.75) is 45.3 Å². The van der Waals surface area contributed by atoms with E-state index in [1.807, 2.05) is 33.8 Å². The molecule has 2 aliphatic rings. The summed E-state index contributed by atoms with van der Waals surface area (Å²) in [5, 5.41) is 2.86. The molecular formula is C13H18BNO3S. The summed E-state index contributed by atoms with van der Waals surface area (Å²) in [6, 6.07) is 1.91. The number of thiophene rings is 1. The van der Waals surface area contributed by atoms with Gasteiger partial charge < -0.3 is 14.6 Å². The van der Waals surface area contributed by atoms with Crippen molar-refractivity contribution in [2.24, 2.45) is 0 Å². The largest absolute Gasteiger partial charge is 0.505 e. The second-order valence-electron chi connectivity index (χ2n) is 6.08. The van der Waals surface area contributed by atoms with Gasteiger partial charge in [-0.1, -0.05) is 0 Å². The molecule has 6 heteroatoms. The van der Waals surface area contributed by atoms with Crippen LogP contribution in [0.4, 0.5) is 0 Å². The number of carbonyl (C=O) groups is 1. The van der Waals surface area contributed by atoms with Crippen molar-refractivity contribution in [1.29, 1.82) is 0 Å². The minimum atomic E-state index is -0.367. The molecule has 3 heterocycles. The van der Waals surface area contributed by atoms with E-state index in [1.165, 1.54) is 0 Å². The molecule has 0 radical (unpaired) electrons. The molecule has 3 rings (SSSR count). The smallest absolute Gasteiger partial charge is 0.399 e. The highest BCUT2D eigenvalue weighted by molar-refractivity contribution is 7.22. The Balaban J connectivity index is 1.91.